The second-order valence-electron chi connectivity index (χ2n) is 16.5. The predicted molar refractivity (Wildman–Crippen MR) is 250 cm³/mol. The second kappa shape index (κ2) is 13.2. The van der Waals surface area contributed by atoms with E-state index < -0.39 is 0 Å². The molecule has 3 heteroatoms. The van der Waals surface area contributed by atoms with E-state index in [9.17, 15) is 0 Å². The summed E-state index contributed by atoms with van der Waals surface area (Å²) in [6.45, 7) is 4.68. The summed E-state index contributed by atoms with van der Waals surface area (Å²) in [5, 5.41) is 4.21. The Bertz CT molecular complexity index is 3450. The van der Waals surface area contributed by atoms with Crippen LogP contribution in [0.15, 0.2) is 209 Å². The Balaban J connectivity index is 1.07. The minimum Gasteiger partial charge on any atom is -0.456 e. The van der Waals surface area contributed by atoms with E-state index in [1.165, 1.54) is 38.9 Å². The summed E-state index contributed by atoms with van der Waals surface area (Å²) >= 11 is 0. The molecular formula is C57H39NO2. The highest BCUT2D eigenvalue weighted by Gasteiger charge is 2.36. The van der Waals surface area contributed by atoms with Crippen LogP contribution in [0.4, 0.5) is 17.1 Å². The van der Waals surface area contributed by atoms with Crippen LogP contribution in [0.1, 0.15) is 25.0 Å². The Morgan fingerprint density at radius 3 is 1.80 bits per heavy atom. The quantitative estimate of drug-likeness (QED) is 0.169. The number of hydrogen-bond donors (Lipinski definition) is 0. The normalized spacial score (nSPS) is 13.0. The first-order chi connectivity index (χ1) is 29.5. The number of anilines is 3. The van der Waals surface area contributed by atoms with Gasteiger partial charge in [0.25, 0.3) is 0 Å². The molecule has 1 aliphatic carbocycles. The highest BCUT2D eigenvalue weighted by molar-refractivity contribution is 6.23. The van der Waals surface area contributed by atoms with E-state index in [0.29, 0.717) is 0 Å². The standard InChI is InChI=1S/C57H39NO2/c1-57(2)49-22-11-9-20-44(49)45-30-28-42(33-50(45)57)58(41-19-13-18-40(32-41)37-16-7-4-8-17-37)43-29-31-46-48-35-53-55(47-21-10-12-23-51(47)59-53)54(56(48)60-52(46)34-43)39-26-24-38(25-27-39)36-14-5-3-6-15-36/h3-35H,1-2H3. The smallest absolute Gasteiger partial charge is 0.144 e. The molecule has 0 aliphatic heterocycles. The summed E-state index contributed by atoms with van der Waals surface area (Å²) in [5.41, 5.74) is 18.5. The van der Waals surface area contributed by atoms with Crippen molar-refractivity contribution >= 4 is 60.9 Å². The van der Waals surface area contributed by atoms with Gasteiger partial charge in [0.1, 0.15) is 22.3 Å². The van der Waals surface area contributed by atoms with Gasteiger partial charge in [-0.3, -0.25) is 0 Å². The lowest BCUT2D eigenvalue weighted by Gasteiger charge is -2.28. The van der Waals surface area contributed by atoms with Crippen LogP contribution in [0.2, 0.25) is 0 Å². The van der Waals surface area contributed by atoms with E-state index in [2.05, 4.69) is 207 Å². The number of para-hydroxylation sites is 1. The van der Waals surface area contributed by atoms with Gasteiger partial charge in [0.05, 0.1) is 0 Å². The molecule has 0 N–H and O–H groups in total. The SMILES string of the molecule is CC1(C)c2ccccc2-c2ccc(N(c3cccc(-c4ccccc4)c3)c3ccc4c(c3)oc3c(-c5ccc(-c6ccccc6)cc5)c5c(cc34)oc3ccccc35)cc21. The zero-order valence-electron chi connectivity index (χ0n) is 33.3. The molecule has 284 valence electrons. The summed E-state index contributed by atoms with van der Waals surface area (Å²) in [6, 6.07) is 71.7. The van der Waals surface area contributed by atoms with Crippen LogP contribution in [0, 0.1) is 0 Å². The van der Waals surface area contributed by atoms with Gasteiger partial charge in [0.2, 0.25) is 0 Å². The van der Waals surface area contributed by atoms with Crippen molar-refractivity contribution in [3.05, 3.63) is 211 Å². The summed E-state index contributed by atoms with van der Waals surface area (Å²) in [7, 11) is 0. The van der Waals surface area contributed by atoms with Crippen LogP contribution in [0.25, 0.3) is 88.4 Å². The molecule has 1 aliphatic rings. The fraction of sp³-hybridized carbons (Fsp3) is 0.0526. The fourth-order valence-corrected chi connectivity index (χ4v) is 9.71. The Labute approximate surface area is 348 Å². The lowest BCUT2D eigenvalue weighted by atomic mass is 9.82. The molecule has 0 bridgehead atoms. The molecule has 2 heterocycles. The highest BCUT2D eigenvalue weighted by Crippen LogP contribution is 2.51. The summed E-state index contributed by atoms with van der Waals surface area (Å²) < 4.78 is 13.7. The monoisotopic (exact) mass is 769 g/mol. The molecule has 11 aromatic rings. The van der Waals surface area contributed by atoms with Crippen molar-refractivity contribution in [3.63, 3.8) is 0 Å². The molecule has 0 amide bonds. The minimum atomic E-state index is -0.140. The first-order valence-electron chi connectivity index (χ1n) is 20.7. The molecule has 0 atom stereocenters. The maximum atomic E-state index is 7.12. The third kappa shape index (κ3) is 5.29. The summed E-state index contributed by atoms with van der Waals surface area (Å²) in [6.07, 6.45) is 0. The van der Waals surface area contributed by atoms with Gasteiger partial charge in [0, 0.05) is 55.7 Å². The van der Waals surface area contributed by atoms with E-state index in [-0.39, 0.29) is 5.41 Å². The summed E-state index contributed by atoms with van der Waals surface area (Å²) in [4.78, 5) is 2.38. The molecule has 3 nitrogen and oxygen atoms in total. The van der Waals surface area contributed by atoms with Crippen molar-refractivity contribution in [3.8, 4) is 44.5 Å². The summed E-state index contributed by atoms with van der Waals surface area (Å²) in [5.74, 6) is 0. The molecule has 0 spiro atoms. The Hall–Kier alpha value is -7.62. The van der Waals surface area contributed by atoms with Crippen molar-refractivity contribution in [2.24, 2.45) is 0 Å². The number of fused-ring (bicyclic) bond motifs is 9. The number of benzene rings is 9. The van der Waals surface area contributed by atoms with Gasteiger partial charge in [-0.05, 0) is 98.6 Å². The Morgan fingerprint density at radius 2 is 0.983 bits per heavy atom. The van der Waals surface area contributed by atoms with Crippen molar-refractivity contribution in [2.45, 2.75) is 19.3 Å². The number of nitrogens with zero attached hydrogens (tertiary/aromatic N) is 1. The third-order valence-electron chi connectivity index (χ3n) is 12.7. The van der Waals surface area contributed by atoms with E-state index in [4.69, 9.17) is 8.83 Å². The van der Waals surface area contributed by atoms with Crippen LogP contribution in [-0.4, -0.2) is 0 Å². The molecule has 12 rings (SSSR count). The molecule has 0 radical (unpaired) electrons. The van der Waals surface area contributed by atoms with Gasteiger partial charge < -0.3 is 13.7 Å². The Morgan fingerprint density at radius 1 is 0.367 bits per heavy atom. The maximum Gasteiger partial charge on any atom is 0.144 e. The molecule has 2 aromatic heterocycles. The van der Waals surface area contributed by atoms with Crippen LogP contribution >= 0.6 is 0 Å². The van der Waals surface area contributed by atoms with E-state index in [1.54, 1.807) is 0 Å². The predicted octanol–water partition coefficient (Wildman–Crippen LogP) is 16.3. The zero-order valence-corrected chi connectivity index (χ0v) is 33.3. The average Bonchev–Trinajstić information content (AvgIpc) is 3.93. The number of hydrogen-bond acceptors (Lipinski definition) is 3. The first-order valence-corrected chi connectivity index (χ1v) is 20.7. The number of furan rings is 2. The Kier molecular flexibility index (Phi) is 7.58. The maximum absolute atomic E-state index is 7.12. The fourth-order valence-electron chi connectivity index (χ4n) is 9.71. The minimum absolute atomic E-state index is 0.140. The van der Waals surface area contributed by atoms with Crippen LogP contribution in [0.3, 0.4) is 0 Å². The zero-order chi connectivity index (χ0) is 40.0. The molecule has 60 heavy (non-hydrogen) atoms. The van der Waals surface area contributed by atoms with Crippen LogP contribution in [0.5, 0.6) is 0 Å². The van der Waals surface area contributed by atoms with Crippen molar-refractivity contribution in [2.75, 3.05) is 4.90 Å². The lowest BCUT2D eigenvalue weighted by molar-refractivity contribution is 0.660. The molecule has 0 unspecified atom stereocenters. The first kappa shape index (κ1) is 34.4. The van der Waals surface area contributed by atoms with E-state index in [0.717, 1.165) is 77.6 Å². The van der Waals surface area contributed by atoms with Gasteiger partial charge in [-0.25, -0.2) is 0 Å². The van der Waals surface area contributed by atoms with Crippen molar-refractivity contribution in [1.29, 1.82) is 0 Å². The van der Waals surface area contributed by atoms with Gasteiger partial charge in [-0.2, -0.15) is 0 Å². The van der Waals surface area contributed by atoms with Gasteiger partial charge >= 0.3 is 0 Å². The molecule has 0 saturated carbocycles. The molecule has 0 fully saturated rings. The average molecular weight is 770 g/mol. The van der Waals surface area contributed by atoms with Crippen LogP contribution in [-0.2, 0) is 5.41 Å². The van der Waals surface area contributed by atoms with Crippen LogP contribution < -0.4 is 4.90 Å². The van der Waals surface area contributed by atoms with Crippen molar-refractivity contribution < 1.29 is 8.83 Å². The largest absolute Gasteiger partial charge is 0.456 e. The van der Waals surface area contributed by atoms with Gasteiger partial charge in [0.15, 0.2) is 0 Å². The van der Waals surface area contributed by atoms with E-state index >= 15 is 0 Å². The third-order valence-corrected chi connectivity index (χ3v) is 12.7. The van der Waals surface area contributed by atoms with Gasteiger partial charge in [-0.1, -0.05) is 159 Å². The van der Waals surface area contributed by atoms with Gasteiger partial charge in [-0.15, -0.1) is 0 Å². The topological polar surface area (TPSA) is 29.5 Å². The highest BCUT2D eigenvalue weighted by atomic mass is 16.3. The molecule has 0 saturated heterocycles. The van der Waals surface area contributed by atoms with E-state index in [1.807, 2.05) is 12.1 Å². The number of rotatable bonds is 6. The molecule has 9 aromatic carbocycles. The lowest BCUT2D eigenvalue weighted by Crippen LogP contribution is -2.16. The van der Waals surface area contributed by atoms with Crippen molar-refractivity contribution in [1.82, 2.24) is 0 Å². The second-order valence-corrected chi connectivity index (χ2v) is 16.5. The molecular weight excluding hydrogens is 731 g/mol.